The molecule has 1 heterocycles. The second-order valence-electron chi connectivity index (χ2n) is 1.84. The summed E-state index contributed by atoms with van der Waals surface area (Å²) in [4.78, 5) is 16.9. The van der Waals surface area contributed by atoms with E-state index in [4.69, 9.17) is 5.11 Å². The summed E-state index contributed by atoms with van der Waals surface area (Å²) in [5, 5.41) is 9.14. The monoisotopic (exact) mass is 172 g/mol. The van der Waals surface area contributed by atoms with Gasteiger partial charge in [0, 0.05) is 0 Å². The van der Waals surface area contributed by atoms with Crippen LogP contribution < -0.4 is 0 Å². The Labute approximate surface area is 68.0 Å². The summed E-state index contributed by atoms with van der Waals surface area (Å²) in [6, 6.07) is 0. The molecule has 0 aliphatic heterocycles. The number of hydrogen-bond donors (Lipinski definition) is 2. The average Bonchev–Trinajstić information content (AvgIpc) is 2.37. The second kappa shape index (κ2) is 3.43. The van der Waals surface area contributed by atoms with E-state index in [-0.39, 0.29) is 5.69 Å². The molecule has 5 heteroatoms. The van der Waals surface area contributed by atoms with Crippen molar-refractivity contribution in [3.05, 3.63) is 11.9 Å². The number of imidazole rings is 1. The number of aromatic nitrogens is 2. The minimum atomic E-state index is -0.972. The molecule has 60 valence electrons. The standard InChI is InChI=1S/C6H8N2O2S/c1-2-11-6-7-3-4(8-6)5(9)10/h3H,2H2,1H3,(H,7,8)(H,9,10). The number of nitrogens with one attached hydrogen (secondary N) is 1. The van der Waals surface area contributed by atoms with Crippen LogP contribution in [0.2, 0.25) is 0 Å². The number of hydrogen-bond acceptors (Lipinski definition) is 3. The van der Waals surface area contributed by atoms with Gasteiger partial charge in [-0.25, -0.2) is 9.78 Å². The number of aromatic carboxylic acids is 1. The Bertz CT molecular complexity index is 259. The first-order chi connectivity index (χ1) is 5.24. The van der Waals surface area contributed by atoms with Gasteiger partial charge in [-0.1, -0.05) is 18.7 Å². The SMILES string of the molecule is CCSc1ncc(C(=O)O)[nH]1. The molecule has 0 saturated heterocycles. The zero-order chi connectivity index (χ0) is 8.27. The lowest BCUT2D eigenvalue weighted by molar-refractivity contribution is 0.0690. The van der Waals surface area contributed by atoms with Crippen LogP contribution in [-0.4, -0.2) is 26.8 Å². The first-order valence-electron chi connectivity index (χ1n) is 3.15. The Kier molecular flexibility index (Phi) is 2.53. The van der Waals surface area contributed by atoms with Gasteiger partial charge < -0.3 is 10.1 Å². The smallest absolute Gasteiger partial charge is 0.353 e. The first kappa shape index (κ1) is 8.13. The zero-order valence-corrected chi connectivity index (χ0v) is 6.81. The highest BCUT2D eigenvalue weighted by Crippen LogP contribution is 2.12. The maximum absolute atomic E-state index is 10.3. The third-order valence-electron chi connectivity index (χ3n) is 1.06. The van der Waals surface area contributed by atoms with Gasteiger partial charge in [0.05, 0.1) is 6.20 Å². The molecule has 0 radical (unpaired) electrons. The van der Waals surface area contributed by atoms with Crippen molar-refractivity contribution in [3.8, 4) is 0 Å². The van der Waals surface area contributed by atoms with Crippen molar-refractivity contribution >= 4 is 17.7 Å². The molecule has 0 aliphatic rings. The van der Waals surface area contributed by atoms with E-state index in [0.29, 0.717) is 5.16 Å². The molecule has 0 saturated carbocycles. The Morgan fingerprint density at radius 1 is 1.91 bits per heavy atom. The van der Waals surface area contributed by atoms with Crippen molar-refractivity contribution in [3.63, 3.8) is 0 Å². The van der Waals surface area contributed by atoms with Gasteiger partial charge in [-0.05, 0) is 5.75 Å². The molecule has 0 unspecified atom stereocenters. The number of rotatable bonds is 3. The van der Waals surface area contributed by atoms with E-state index < -0.39 is 5.97 Å². The number of carboxylic acids is 1. The fourth-order valence-corrected chi connectivity index (χ4v) is 1.20. The quantitative estimate of drug-likeness (QED) is 0.673. The van der Waals surface area contributed by atoms with Crippen LogP contribution in [0.1, 0.15) is 17.4 Å². The molecule has 0 atom stereocenters. The normalized spacial score (nSPS) is 9.91. The number of carbonyl (C=O) groups is 1. The van der Waals surface area contributed by atoms with Crippen LogP contribution in [0.15, 0.2) is 11.4 Å². The Morgan fingerprint density at radius 2 is 2.64 bits per heavy atom. The summed E-state index contributed by atoms with van der Waals surface area (Å²) in [5.74, 6) is -0.0903. The predicted octanol–water partition coefficient (Wildman–Crippen LogP) is 1.22. The first-order valence-corrected chi connectivity index (χ1v) is 4.13. The van der Waals surface area contributed by atoms with E-state index in [9.17, 15) is 4.79 Å². The topological polar surface area (TPSA) is 66.0 Å². The van der Waals surface area contributed by atoms with Crippen LogP contribution in [0, 0.1) is 0 Å². The average molecular weight is 172 g/mol. The van der Waals surface area contributed by atoms with Crippen LogP contribution in [0.5, 0.6) is 0 Å². The number of nitrogens with zero attached hydrogens (tertiary/aromatic N) is 1. The maximum Gasteiger partial charge on any atom is 0.353 e. The largest absolute Gasteiger partial charge is 0.477 e. The van der Waals surface area contributed by atoms with E-state index in [0.717, 1.165) is 5.75 Å². The van der Waals surface area contributed by atoms with Gasteiger partial charge in [-0.15, -0.1) is 0 Å². The number of carboxylic acid groups (broad SMARTS) is 1. The molecule has 1 aromatic rings. The number of aromatic amines is 1. The highest BCUT2D eigenvalue weighted by molar-refractivity contribution is 7.99. The summed E-state index contributed by atoms with van der Waals surface area (Å²) in [6.45, 7) is 1.98. The van der Waals surface area contributed by atoms with E-state index in [1.807, 2.05) is 6.92 Å². The van der Waals surface area contributed by atoms with Crippen molar-refractivity contribution in [1.29, 1.82) is 0 Å². The molecule has 0 aliphatic carbocycles. The van der Waals surface area contributed by atoms with Gasteiger partial charge in [0.15, 0.2) is 5.16 Å². The molecular formula is C6H8N2O2S. The summed E-state index contributed by atoms with van der Waals surface area (Å²) < 4.78 is 0. The van der Waals surface area contributed by atoms with Crippen LogP contribution in [0.4, 0.5) is 0 Å². The molecule has 0 bridgehead atoms. The molecule has 0 spiro atoms. The Balaban J connectivity index is 2.73. The van der Waals surface area contributed by atoms with Gasteiger partial charge >= 0.3 is 5.97 Å². The summed E-state index contributed by atoms with van der Waals surface area (Å²) in [6.07, 6.45) is 1.32. The van der Waals surface area contributed by atoms with Crippen LogP contribution in [-0.2, 0) is 0 Å². The van der Waals surface area contributed by atoms with Gasteiger partial charge in [0.25, 0.3) is 0 Å². The fourth-order valence-electron chi connectivity index (χ4n) is 0.622. The molecule has 11 heavy (non-hydrogen) atoms. The molecule has 1 aromatic heterocycles. The van der Waals surface area contributed by atoms with Crippen LogP contribution >= 0.6 is 11.8 Å². The number of H-pyrrole nitrogens is 1. The third-order valence-corrected chi connectivity index (χ3v) is 1.83. The van der Waals surface area contributed by atoms with Crippen LogP contribution in [0.25, 0.3) is 0 Å². The zero-order valence-electron chi connectivity index (χ0n) is 6.00. The Hall–Kier alpha value is -0.970. The lowest BCUT2D eigenvalue weighted by Gasteiger charge is -1.88. The highest BCUT2D eigenvalue weighted by atomic mass is 32.2. The van der Waals surface area contributed by atoms with Crippen molar-refractivity contribution in [2.45, 2.75) is 12.1 Å². The van der Waals surface area contributed by atoms with E-state index in [1.54, 1.807) is 0 Å². The molecule has 2 N–H and O–H groups in total. The van der Waals surface area contributed by atoms with Gasteiger partial charge in [0.2, 0.25) is 0 Å². The van der Waals surface area contributed by atoms with Crippen molar-refractivity contribution < 1.29 is 9.90 Å². The van der Waals surface area contributed by atoms with Crippen molar-refractivity contribution in [2.75, 3.05) is 5.75 Å². The van der Waals surface area contributed by atoms with Gasteiger partial charge in [-0.3, -0.25) is 0 Å². The molecule has 1 rings (SSSR count). The number of thioether (sulfide) groups is 1. The third kappa shape index (κ3) is 1.98. The molecule has 0 fully saturated rings. The summed E-state index contributed by atoms with van der Waals surface area (Å²) >= 11 is 1.48. The Morgan fingerprint density at radius 3 is 3.09 bits per heavy atom. The van der Waals surface area contributed by atoms with E-state index >= 15 is 0 Å². The lowest BCUT2D eigenvalue weighted by Crippen LogP contribution is -1.95. The van der Waals surface area contributed by atoms with E-state index in [2.05, 4.69) is 9.97 Å². The van der Waals surface area contributed by atoms with E-state index in [1.165, 1.54) is 18.0 Å². The maximum atomic E-state index is 10.3. The molecule has 0 aromatic carbocycles. The molecular weight excluding hydrogens is 164 g/mol. The molecule has 4 nitrogen and oxygen atoms in total. The second-order valence-corrected chi connectivity index (χ2v) is 3.09. The fraction of sp³-hybridized carbons (Fsp3) is 0.333. The van der Waals surface area contributed by atoms with Crippen molar-refractivity contribution in [1.82, 2.24) is 9.97 Å². The van der Waals surface area contributed by atoms with Gasteiger partial charge in [-0.2, -0.15) is 0 Å². The summed E-state index contributed by atoms with van der Waals surface area (Å²) in [5.41, 5.74) is 0.140. The predicted molar refractivity (Wildman–Crippen MR) is 41.9 cm³/mol. The highest BCUT2D eigenvalue weighted by Gasteiger charge is 2.05. The molecule has 0 amide bonds. The van der Waals surface area contributed by atoms with Crippen LogP contribution in [0.3, 0.4) is 0 Å². The van der Waals surface area contributed by atoms with Gasteiger partial charge in [0.1, 0.15) is 5.69 Å². The minimum absolute atomic E-state index is 0.140. The summed E-state index contributed by atoms with van der Waals surface area (Å²) in [7, 11) is 0. The van der Waals surface area contributed by atoms with Crippen molar-refractivity contribution in [2.24, 2.45) is 0 Å². The minimum Gasteiger partial charge on any atom is -0.477 e. The lowest BCUT2D eigenvalue weighted by atomic mass is 10.5.